The van der Waals surface area contributed by atoms with Gasteiger partial charge in [0, 0.05) is 11.1 Å². The van der Waals surface area contributed by atoms with Crippen molar-refractivity contribution >= 4 is 40.6 Å². The molecule has 7 heteroatoms. The zero-order chi connectivity index (χ0) is 15.5. The van der Waals surface area contributed by atoms with E-state index in [0.717, 1.165) is 0 Å². The number of thioether (sulfide) groups is 1. The molecule has 0 spiro atoms. The fourth-order valence-electron chi connectivity index (χ4n) is 2.19. The van der Waals surface area contributed by atoms with Crippen LogP contribution in [-0.4, -0.2) is 34.4 Å². The summed E-state index contributed by atoms with van der Waals surface area (Å²) in [7, 11) is 0. The summed E-state index contributed by atoms with van der Waals surface area (Å²) in [6, 6.07) is 7.14. The summed E-state index contributed by atoms with van der Waals surface area (Å²) in [6.45, 7) is 0. The van der Waals surface area contributed by atoms with Crippen LogP contribution in [0.4, 0.5) is 10.1 Å². The topological polar surface area (TPSA) is 49.4 Å². The number of nitrogens with zero attached hydrogens (tertiary/aromatic N) is 1. The van der Waals surface area contributed by atoms with Crippen LogP contribution in [0.1, 0.15) is 10.4 Å². The number of rotatable bonds is 3. The Morgan fingerprint density at radius 3 is 2.82 bits per heavy atom. The number of benzene rings is 1. The van der Waals surface area contributed by atoms with Crippen LogP contribution in [0.25, 0.3) is 0 Å². The molecule has 1 aliphatic rings. The highest BCUT2D eigenvalue weighted by Crippen LogP contribution is 2.25. The summed E-state index contributed by atoms with van der Waals surface area (Å²) in [5.74, 6) is -0.0453. The van der Waals surface area contributed by atoms with Gasteiger partial charge in [-0.3, -0.25) is 9.59 Å². The third-order valence-electron chi connectivity index (χ3n) is 3.35. The molecule has 1 atom stereocenters. The predicted octanol–water partition coefficient (Wildman–Crippen LogP) is 3.04. The Labute approximate surface area is 135 Å². The molecule has 2 amide bonds. The molecular weight excluding hydrogens is 323 g/mol. The first-order valence-electron chi connectivity index (χ1n) is 6.63. The van der Waals surface area contributed by atoms with Crippen molar-refractivity contribution in [2.24, 2.45) is 0 Å². The fourth-order valence-corrected chi connectivity index (χ4v) is 3.97. The van der Waals surface area contributed by atoms with Gasteiger partial charge in [-0.2, -0.15) is 11.3 Å². The Morgan fingerprint density at radius 2 is 2.09 bits per heavy atom. The summed E-state index contributed by atoms with van der Waals surface area (Å²) in [5.41, 5.74) is 0.712. The fraction of sp³-hybridized carbons (Fsp3) is 0.200. The molecule has 4 nitrogen and oxygen atoms in total. The van der Waals surface area contributed by atoms with Gasteiger partial charge in [0.1, 0.15) is 11.9 Å². The quantitative estimate of drug-likeness (QED) is 0.937. The normalized spacial score (nSPS) is 17.5. The van der Waals surface area contributed by atoms with Crippen molar-refractivity contribution in [3.8, 4) is 0 Å². The lowest BCUT2D eigenvalue weighted by Crippen LogP contribution is -2.44. The van der Waals surface area contributed by atoms with Gasteiger partial charge < -0.3 is 10.2 Å². The summed E-state index contributed by atoms with van der Waals surface area (Å²) in [6.07, 6.45) is 0. The third kappa shape index (κ3) is 3.00. The number of nitrogens with one attached hydrogen (secondary N) is 1. The first-order chi connectivity index (χ1) is 10.7. The van der Waals surface area contributed by atoms with E-state index in [2.05, 4.69) is 5.32 Å². The van der Waals surface area contributed by atoms with Crippen LogP contribution in [0.5, 0.6) is 0 Å². The van der Waals surface area contributed by atoms with Gasteiger partial charge in [-0.1, -0.05) is 12.1 Å². The third-order valence-corrected chi connectivity index (χ3v) is 5.04. The lowest BCUT2D eigenvalue weighted by atomic mass is 10.2. The molecule has 22 heavy (non-hydrogen) atoms. The number of amides is 2. The molecule has 0 bridgehead atoms. The van der Waals surface area contributed by atoms with E-state index in [0.29, 0.717) is 17.2 Å². The van der Waals surface area contributed by atoms with E-state index in [9.17, 15) is 14.0 Å². The standard InChI is InChI=1S/C15H13FN2O2S2/c16-11-3-1-2-4-12(11)17-14(19)13-8-22-9-18(13)15(20)10-5-6-21-7-10/h1-7,13H,8-9H2,(H,17,19). The Kier molecular flexibility index (Phi) is 4.44. The van der Waals surface area contributed by atoms with Gasteiger partial charge in [0.25, 0.3) is 5.91 Å². The first kappa shape index (κ1) is 15.1. The Balaban J connectivity index is 1.74. The van der Waals surface area contributed by atoms with Gasteiger partial charge in [0.05, 0.1) is 17.1 Å². The van der Waals surface area contributed by atoms with Gasteiger partial charge >= 0.3 is 0 Å². The number of halogens is 1. The summed E-state index contributed by atoms with van der Waals surface area (Å²) < 4.78 is 13.6. The number of para-hydroxylation sites is 1. The maximum Gasteiger partial charge on any atom is 0.256 e. The van der Waals surface area contributed by atoms with E-state index in [1.807, 2.05) is 5.38 Å². The average Bonchev–Trinajstić information content (AvgIpc) is 3.20. The Morgan fingerprint density at radius 1 is 1.27 bits per heavy atom. The van der Waals surface area contributed by atoms with E-state index < -0.39 is 11.9 Å². The van der Waals surface area contributed by atoms with Crippen molar-refractivity contribution in [3.63, 3.8) is 0 Å². The predicted molar refractivity (Wildman–Crippen MR) is 86.6 cm³/mol. The van der Waals surface area contributed by atoms with Crippen LogP contribution >= 0.6 is 23.1 Å². The largest absolute Gasteiger partial charge is 0.322 e. The lowest BCUT2D eigenvalue weighted by molar-refractivity contribution is -0.119. The Hall–Kier alpha value is -1.86. The number of carbonyl (C=O) groups is 2. The molecule has 1 aliphatic heterocycles. The molecule has 1 aromatic carbocycles. The maximum atomic E-state index is 13.6. The molecule has 1 fully saturated rings. The highest BCUT2D eigenvalue weighted by atomic mass is 32.2. The molecule has 0 saturated carbocycles. The van der Waals surface area contributed by atoms with Crippen LogP contribution in [0, 0.1) is 5.82 Å². The molecule has 1 N–H and O–H groups in total. The minimum atomic E-state index is -0.586. The van der Waals surface area contributed by atoms with Crippen molar-refractivity contribution in [2.75, 3.05) is 16.9 Å². The van der Waals surface area contributed by atoms with Crippen molar-refractivity contribution in [1.82, 2.24) is 4.90 Å². The molecule has 1 saturated heterocycles. The second-order valence-corrected chi connectivity index (χ2v) is 6.55. The smallest absolute Gasteiger partial charge is 0.256 e. The number of hydrogen-bond donors (Lipinski definition) is 1. The Bertz CT molecular complexity index is 691. The van der Waals surface area contributed by atoms with E-state index in [1.54, 1.807) is 23.6 Å². The van der Waals surface area contributed by atoms with Crippen LogP contribution < -0.4 is 5.32 Å². The number of hydrogen-bond acceptors (Lipinski definition) is 4. The van der Waals surface area contributed by atoms with E-state index in [1.165, 1.54) is 40.1 Å². The van der Waals surface area contributed by atoms with Crippen LogP contribution in [0.2, 0.25) is 0 Å². The van der Waals surface area contributed by atoms with Crippen molar-refractivity contribution < 1.29 is 14.0 Å². The minimum absolute atomic E-state index is 0.132. The number of carbonyl (C=O) groups excluding carboxylic acids is 2. The SMILES string of the molecule is O=C(Nc1ccccc1F)C1CSCN1C(=O)c1ccsc1. The van der Waals surface area contributed by atoms with Gasteiger partial charge in [-0.25, -0.2) is 4.39 Å². The van der Waals surface area contributed by atoms with Gasteiger partial charge in [0.15, 0.2) is 0 Å². The van der Waals surface area contributed by atoms with Crippen LogP contribution in [-0.2, 0) is 4.79 Å². The summed E-state index contributed by atoms with van der Waals surface area (Å²) in [5, 5.41) is 6.15. The molecular formula is C15H13FN2O2S2. The highest BCUT2D eigenvalue weighted by Gasteiger charge is 2.35. The summed E-state index contributed by atoms with van der Waals surface area (Å²) in [4.78, 5) is 26.3. The zero-order valence-corrected chi connectivity index (χ0v) is 13.1. The average molecular weight is 336 g/mol. The molecule has 114 valence electrons. The zero-order valence-electron chi connectivity index (χ0n) is 11.5. The maximum absolute atomic E-state index is 13.6. The lowest BCUT2D eigenvalue weighted by Gasteiger charge is -2.22. The van der Waals surface area contributed by atoms with Crippen molar-refractivity contribution in [3.05, 3.63) is 52.5 Å². The molecule has 3 rings (SSSR count). The second kappa shape index (κ2) is 6.50. The number of thiophene rings is 1. The molecule has 2 aromatic rings. The highest BCUT2D eigenvalue weighted by molar-refractivity contribution is 7.99. The van der Waals surface area contributed by atoms with E-state index in [-0.39, 0.29) is 17.5 Å². The molecule has 1 unspecified atom stereocenters. The molecule has 2 heterocycles. The summed E-state index contributed by atoms with van der Waals surface area (Å²) >= 11 is 2.95. The van der Waals surface area contributed by atoms with Crippen LogP contribution in [0.3, 0.4) is 0 Å². The first-order valence-corrected chi connectivity index (χ1v) is 8.73. The molecule has 0 aliphatic carbocycles. The number of anilines is 1. The van der Waals surface area contributed by atoms with Crippen molar-refractivity contribution in [2.45, 2.75) is 6.04 Å². The monoisotopic (exact) mass is 336 g/mol. The van der Waals surface area contributed by atoms with Gasteiger partial charge in [-0.05, 0) is 23.6 Å². The van der Waals surface area contributed by atoms with Crippen molar-refractivity contribution in [1.29, 1.82) is 0 Å². The molecule has 0 radical (unpaired) electrons. The van der Waals surface area contributed by atoms with Gasteiger partial charge in [-0.15, -0.1) is 11.8 Å². The van der Waals surface area contributed by atoms with E-state index >= 15 is 0 Å². The minimum Gasteiger partial charge on any atom is -0.322 e. The second-order valence-electron chi connectivity index (χ2n) is 4.77. The molecule has 1 aromatic heterocycles. The van der Waals surface area contributed by atoms with Crippen LogP contribution in [0.15, 0.2) is 41.1 Å². The van der Waals surface area contributed by atoms with Gasteiger partial charge in [0.2, 0.25) is 5.91 Å². The van der Waals surface area contributed by atoms with E-state index in [4.69, 9.17) is 0 Å².